The van der Waals surface area contributed by atoms with Gasteiger partial charge in [0.1, 0.15) is 6.07 Å². The van der Waals surface area contributed by atoms with E-state index in [4.69, 9.17) is 16.9 Å². The highest BCUT2D eigenvalue weighted by molar-refractivity contribution is 6.31. The maximum atomic E-state index is 11.9. The molecule has 2 rings (SSSR count). The molecular weight excluding hydrogens is 262 g/mol. The fraction of sp³-hybridized carbons (Fsp3) is 0.429. The maximum Gasteiger partial charge on any atom is 0.224 e. The predicted octanol–water partition coefficient (Wildman–Crippen LogP) is 2.54. The Hall–Kier alpha value is -1.57. The molecule has 100 valence electrons. The van der Waals surface area contributed by atoms with E-state index in [9.17, 15) is 4.79 Å². The van der Waals surface area contributed by atoms with E-state index in [1.54, 1.807) is 18.2 Å². The fourth-order valence-corrected chi connectivity index (χ4v) is 2.42. The summed E-state index contributed by atoms with van der Waals surface area (Å²) in [6.45, 7) is 1.94. The van der Waals surface area contributed by atoms with Gasteiger partial charge in [0.2, 0.25) is 5.91 Å². The monoisotopic (exact) mass is 277 g/mol. The minimum absolute atomic E-state index is 0.0140. The topological polar surface area (TPSA) is 64.9 Å². The first-order valence-corrected chi connectivity index (χ1v) is 6.77. The van der Waals surface area contributed by atoms with Crippen molar-refractivity contribution in [1.82, 2.24) is 5.32 Å². The van der Waals surface area contributed by atoms with Crippen molar-refractivity contribution in [3.05, 3.63) is 28.8 Å². The van der Waals surface area contributed by atoms with Crippen LogP contribution in [0.25, 0.3) is 0 Å². The number of nitrogens with zero attached hydrogens (tertiary/aromatic N) is 1. The van der Waals surface area contributed by atoms with Gasteiger partial charge in [-0.15, -0.1) is 0 Å². The summed E-state index contributed by atoms with van der Waals surface area (Å²) in [6, 6.07) is 6.93. The normalized spacial score (nSPS) is 18.6. The Morgan fingerprint density at radius 2 is 2.42 bits per heavy atom. The number of anilines is 1. The van der Waals surface area contributed by atoms with Gasteiger partial charge in [-0.05, 0) is 50.0 Å². The van der Waals surface area contributed by atoms with Crippen LogP contribution in [-0.4, -0.2) is 19.0 Å². The van der Waals surface area contributed by atoms with Crippen LogP contribution in [0.3, 0.4) is 0 Å². The Morgan fingerprint density at radius 1 is 1.58 bits per heavy atom. The molecule has 0 bridgehead atoms. The molecule has 0 aliphatic carbocycles. The van der Waals surface area contributed by atoms with Crippen LogP contribution in [-0.2, 0) is 4.79 Å². The molecule has 0 spiro atoms. The van der Waals surface area contributed by atoms with E-state index in [0.717, 1.165) is 25.9 Å². The SMILES string of the molecule is N#Cc1cc(NC(=O)CC2CCCNC2)ccc1Cl. The van der Waals surface area contributed by atoms with Gasteiger partial charge in [0.15, 0.2) is 0 Å². The molecule has 0 aromatic heterocycles. The molecule has 1 fully saturated rings. The number of rotatable bonds is 3. The molecule has 1 heterocycles. The molecule has 1 aromatic carbocycles. The van der Waals surface area contributed by atoms with Gasteiger partial charge >= 0.3 is 0 Å². The van der Waals surface area contributed by atoms with Crippen molar-refractivity contribution in [1.29, 1.82) is 5.26 Å². The first-order valence-electron chi connectivity index (χ1n) is 6.39. The Bertz CT molecular complexity index is 504. The summed E-state index contributed by atoms with van der Waals surface area (Å²) in [7, 11) is 0. The van der Waals surface area contributed by atoms with Gasteiger partial charge in [0.05, 0.1) is 10.6 Å². The number of benzene rings is 1. The standard InChI is InChI=1S/C14H16ClN3O/c15-13-4-3-12(7-11(13)8-16)18-14(19)6-10-2-1-5-17-9-10/h3-4,7,10,17H,1-2,5-6,9H2,(H,18,19). The molecule has 1 atom stereocenters. The van der Waals surface area contributed by atoms with Gasteiger partial charge < -0.3 is 10.6 Å². The van der Waals surface area contributed by atoms with Crippen molar-refractivity contribution in [2.75, 3.05) is 18.4 Å². The number of halogens is 1. The lowest BCUT2D eigenvalue weighted by Gasteiger charge is -2.22. The third-order valence-corrected chi connectivity index (χ3v) is 3.57. The summed E-state index contributed by atoms with van der Waals surface area (Å²) < 4.78 is 0. The van der Waals surface area contributed by atoms with Gasteiger partial charge in [0, 0.05) is 12.1 Å². The third kappa shape index (κ3) is 3.95. The van der Waals surface area contributed by atoms with Crippen LogP contribution >= 0.6 is 11.6 Å². The number of hydrogen-bond acceptors (Lipinski definition) is 3. The minimum atomic E-state index is -0.0140. The van der Waals surface area contributed by atoms with E-state index >= 15 is 0 Å². The lowest BCUT2D eigenvalue weighted by atomic mass is 9.96. The van der Waals surface area contributed by atoms with Crippen LogP contribution in [0.15, 0.2) is 18.2 Å². The Balaban J connectivity index is 1.93. The summed E-state index contributed by atoms with van der Waals surface area (Å²) in [5, 5.41) is 15.4. The number of piperidine rings is 1. The number of amides is 1. The molecular formula is C14H16ClN3O. The quantitative estimate of drug-likeness (QED) is 0.892. The van der Waals surface area contributed by atoms with Crippen molar-refractivity contribution < 1.29 is 4.79 Å². The molecule has 1 aliphatic rings. The molecule has 1 unspecified atom stereocenters. The highest BCUT2D eigenvalue weighted by Crippen LogP contribution is 2.20. The zero-order valence-electron chi connectivity index (χ0n) is 10.6. The van der Waals surface area contributed by atoms with Crippen molar-refractivity contribution in [3.63, 3.8) is 0 Å². The maximum absolute atomic E-state index is 11.9. The largest absolute Gasteiger partial charge is 0.326 e. The van der Waals surface area contributed by atoms with E-state index in [1.165, 1.54) is 0 Å². The molecule has 1 aromatic rings. The lowest BCUT2D eigenvalue weighted by Crippen LogP contribution is -2.32. The summed E-state index contributed by atoms with van der Waals surface area (Å²) in [4.78, 5) is 11.9. The first-order chi connectivity index (χ1) is 9.19. The molecule has 0 saturated carbocycles. The van der Waals surface area contributed by atoms with Crippen molar-refractivity contribution >= 4 is 23.2 Å². The highest BCUT2D eigenvalue weighted by Gasteiger charge is 2.16. The summed E-state index contributed by atoms with van der Waals surface area (Å²) >= 11 is 5.85. The van der Waals surface area contributed by atoms with Gasteiger partial charge in [-0.2, -0.15) is 5.26 Å². The lowest BCUT2D eigenvalue weighted by molar-refractivity contribution is -0.117. The van der Waals surface area contributed by atoms with Crippen LogP contribution in [0.1, 0.15) is 24.8 Å². The number of hydrogen-bond donors (Lipinski definition) is 2. The number of carbonyl (C=O) groups excluding carboxylic acids is 1. The zero-order valence-corrected chi connectivity index (χ0v) is 11.3. The van der Waals surface area contributed by atoms with E-state index in [0.29, 0.717) is 28.6 Å². The number of carbonyl (C=O) groups is 1. The van der Waals surface area contributed by atoms with E-state index < -0.39 is 0 Å². The van der Waals surface area contributed by atoms with Gasteiger partial charge in [-0.1, -0.05) is 11.6 Å². The van der Waals surface area contributed by atoms with Gasteiger partial charge in [-0.25, -0.2) is 0 Å². The molecule has 1 aliphatic heterocycles. The summed E-state index contributed by atoms with van der Waals surface area (Å²) in [5.74, 6) is 0.386. The third-order valence-electron chi connectivity index (χ3n) is 3.24. The second-order valence-electron chi connectivity index (χ2n) is 4.77. The molecule has 4 nitrogen and oxygen atoms in total. The van der Waals surface area contributed by atoms with E-state index in [2.05, 4.69) is 10.6 Å². The van der Waals surface area contributed by atoms with Crippen molar-refractivity contribution in [2.24, 2.45) is 5.92 Å². The minimum Gasteiger partial charge on any atom is -0.326 e. The Morgan fingerprint density at radius 3 is 3.11 bits per heavy atom. The smallest absolute Gasteiger partial charge is 0.224 e. The summed E-state index contributed by atoms with van der Waals surface area (Å²) in [5.41, 5.74) is 0.994. The van der Waals surface area contributed by atoms with E-state index in [1.807, 2.05) is 6.07 Å². The molecule has 0 radical (unpaired) electrons. The molecule has 2 N–H and O–H groups in total. The van der Waals surface area contributed by atoms with Gasteiger partial charge in [0.25, 0.3) is 0 Å². The van der Waals surface area contributed by atoms with Crippen molar-refractivity contribution in [2.45, 2.75) is 19.3 Å². The van der Waals surface area contributed by atoms with Crippen molar-refractivity contribution in [3.8, 4) is 6.07 Å². The molecule has 1 amide bonds. The second-order valence-corrected chi connectivity index (χ2v) is 5.18. The predicted molar refractivity (Wildman–Crippen MR) is 75.0 cm³/mol. The van der Waals surface area contributed by atoms with Crippen LogP contribution < -0.4 is 10.6 Å². The Labute approximate surface area is 117 Å². The van der Waals surface area contributed by atoms with E-state index in [-0.39, 0.29) is 5.91 Å². The van der Waals surface area contributed by atoms with Crippen LogP contribution in [0.5, 0.6) is 0 Å². The van der Waals surface area contributed by atoms with Gasteiger partial charge in [-0.3, -0.25) is 4.79 Å². The Kier molecular flexibility index (Phi) is 4.78. The average Bonchev–Trinajstić information content (AvgIpc) is 2.42. The average molecular weight is 278 g/mol. The van der Waals surface area contributed by atoms with Crippen LogP contribution in [0.2, 0.25) is 5.02 Å². The molecule has 1 saturated heterocycles. The van der Waals surface area contributed by atoms with Crippen LogP contribution in [0.4, 0.5) is 5.69 Å². The zero-order chi connectivity index (χ0) is 13.7. The number of nitrogens with one attached hydrogen (secondary N) is 2. The fourth-order valence-electron chi connectivity index (χ4n) is 2.26. The number of nitriles is 1. The highest BCUT2D eigenvalue weighted by atomic mass is 35.5. The van der Waals surface area contributed by atoms with Crippen LogP contribution in [0, 0.1) is 17.2 Å². The molecule has 5 heteroatoms. The molecule has 19 heavy (non-hydrogen) atoms. The first kappa shape index (κ1) is 13.9. The summed E-state index contributed by atoms with van der Waals surface area (Å²) in [6.07, 6.45) is 2.72. The second kappa shape index (κ2) is 6.55.